The zero-order valence-electron chi connectivity index (χ0n) is 10.7. The number of halogens is 1. The molecule has 1 aliphatic carbocycles. The van der Waals surface area contributed by atoms with Crippen molar-refractivity contribution in [2.24, 2.45) is 5.92 Å². The van der Waals surface area contributed by atoms with Gasteiger partial charge in [0, 0.05) is 5.92 Å². The van der Waals surface area contributed by atoms with Crippen molar-refractivity contribution in [1.82, 2.24) is 10.3 Å². The van der Waals surface area contributed by atoms with Crippen LogP contribution in [0.25, 0.3) is 0 Å². The number of amides is 1. The van der Waals surface area contributed by atoms with Gasteiger partial charge in [0.25, 0.3) is 10.0 Å². The number of carbonyl (C=O) groups is 1. The van der Waals surface area contributed by atoms with E-state index in [1.165, 1.54) is 0 Å². The van der Waals surface area contributed by atoms with Crippen molar-refractivity contribution in [3.63, 3.8) is 0 Å². The predicted molar refractivity (Wildman–Crippen MR) is 70.5 cm³/mol. The van der Waals surface area contributed by atoms with Crippen LogP contribution >= 0.6 is 0 Å². The molecule has 10 heteroatoms. The van der Waals surface area contributed by atoms with Crippen LogP contribution in [0, 0.1) is 5.92 Å². The summed E-state index contributed by atoms with van der Waals surface area (Å²) in [5.41, 5.74) is 2.06. The summed E-state index contributed by atoms with van der Waals surface area (Å²) >= 11 is 0. The van der Waals surface area contributed by atoms with Gasteiger partial charge in [-0.05, 0) is 31.0 Å². The van der Waals surface area contributed by atoms with Gasteiger partial charge in [-0.1, -0.05) is 12.5 Å². The summed E-state index contributed by atoms with van der Waals surface area (Å²) < 4.78 is 58.2. The van der Waals surface area contributed by atoms with E-state index in [4.69, 9.17) is 0 Å². The van der Waals surface area contributed by atoms with Gasteiger partial charge >= 0.3 is 10.2 Å². The van der Waals surface area contributed by atoms with Crippen molar-refractivity contribution < 1.29 is 25.5 Å². The minimum atomic E-state index is -5.00. The smallest absolute Gasteiger partial charge is 0.277 e. The first-order valence-electron chi connectivity index (χ1n) is 6.06. The molecule has 0 radical (unpaired) electrons. The normalized spacial score (nSPS) is 16.2. The molecule has 1 aromatic carbocycles. The zero-order chi connectivity index (χ0) is 15.7. The lowest BCUT2D eigenvalue weighted by molar-refractivity contribution is -0.127. The van der Waals surface area contributed by atoms with Crippen LogP contribution in [0.2, 0.25) is 0 Å². The van der Waals surface area contributed by atoms with Gasteiger partial charge in [0.2, 0.25) is 5.91 Å². The van der Waals surface area contributed by atoms with Crippen LogP contribution in [0.15, 0.2) is 34.1 Å². The van der Waals surface area contributed by atoms with E-state index in [9.17, 15) is 25.5 Å². The van der Waals surface area contributed by atoms with E-state index in [2.05, 4.69) is 5.43 Å². The number of hydrogen-bond donors (Lipinski definition) is 2. The molecule has 0 heterocycles. The van der Waals surface area contributed by atoms with Gasteiger partial charge in [-0.15, -0.1) is 8.72 Å². The number of sulfonamides is 1. The molecule has 1 fully saturated rings. The summed E-state index contributed by atoms with van der Waals surface area (Å²) in [7, 11) is -9.17. The molecule has 0 unspecified atom stereocenters. The van der Waals surface area contributed by atoms with Gasteiger partial charge in [0.05, 0.1) is 9.79 Å². The van der Waals surface area contributed by atoms with E-state index in [0.29, 0.717) is 18.9 Å². The molecule has 1 saturated carbocycles. The third-order valence-corrected chi connectivity index (χ3v) is 5.24. The summed E-state index contributed by atoms with van der Waals surface area (Å²) in [4.78, 5) is 12.2. The summed E-state index contributed by atoms with van der Waals surface area (Å²) in [6, 6.07) is 3.79. The molecule has 0 spiro atoms. The molecule has 0 atom stereocenters. The van der Waals surface area contributed by atoms with Gasteiger partial charge in [-0.2, -0.15) is 8.42 Å². The highest BCUT2D eigenvalue weighted by atomic mass is 32.3. The van der Waals surface area contributed by atoms with Crippen LogP contribution in [0.5, 0.6) is 0 Å². The molecular formula is C11H13FN2O5S2. The highest BCUT2D eigenvalue weighted by Gasteiger charge is 2.26. The van der Waals surface area contributed by atoms with E-state index in [0.717, 1.165) is 24.6 Å². The van der Waals surface area contributed by atoms with E-state index in [-0.39, 0.29) is 5.92 Å². The molecule has 0 aliphatic heterocycles. The maximum Gasteiger partial charge on any atom is 0.332 e. The maximum absolute atomic E-state index is 12.8. The summed E-state index contributed by atoms with van der Waals surface area (Å²) in [5.74, 6) is -0.663. The van der Waals surface area contributed by atoms with Crippen LogP contribution in [0.4, 0.5) is 3.89 Å². The molecule has 2 rings (SSSR count). The fourth-order valence-electron chi connectivity index (χ4n) is 1.74. The number of rotatable bonds is 5. The van der Waals surface area contributed by atoms with Gasteiger partial charge < -0.3 is 0 Å². The van der Waals surface area contributed by atoms with Gasteiger partial charge in [0.1, 0.15) is 0 Å². The van der Waals surface area contributed by atoms with E-state index in [1.54, 1.807) is 0 Å². The Morgan fingerprint density at radius 1 is 1.14 bits per heavy atom. The molecule has 1 aromatic rings. The minimum Gasteiger partial charge on any atom is -0.277 e. The highest BCUT2D eigenvalue weighted by molar-refractivity contribution is 7.89. The molecule has 1 aliphatic rings. The lowest BCUT2D eigenvalue weighted by Gasteiger charge is -2.23. The van der Waals surface area contributed by atoms with Crippen molar-refractivity contribution >= 4 is 26.2 Å². The number of carbonyl (C=O) groups excluding carboxylic acids is 1. The largest absolute Gasteiger partial charge is 0.332 e. The number of benzene rings is 1. The lowest BCUT2D eigenvalue weighted by Crippen LogP contribution is -2.45. The second kappa shape index (κ2) is 5.70. The van der Waals surface area contributed by atoms with Crippen molar-refractivity contribution in [2.75, 3.05) is 0 Å². The van der Waals surface area contributed by atoms with Gasteiger partial charge in [-0.25, -0.2) is 8.42 Å². The van der Waals surface area contributed by atoms with Crippen LogP contribution in [0.3, 0.4) is 0 Å². The average molecular weight is 336 g/mol. The first-order chi connectivity index (χ1) is 9.70. The van der Waals surface area contributed by atoms with Crippen molar-refractivity contribution in [2.45, 2.75) is 29.1 Å². The third kappa shape index (κ3) is 3.77. The second-order valence-electron chi connectivity index (χ2n) is 4.64. The molecule has 2 N–H and O–H groups in total. The predicted octanol–water partition coefficient (Wildman–Crippen LogP) is 0.454. The quantitative estimate of drug-likeness (QED) is 0.599. The molecule has 0 saturated heterocycles. The third-order valence-electron chi connectivity index (χ3n) is 3.18. The number of hydrogen-bond acceptors (Lipinski definition) is 5. The maximum atomic E-state index is 12.8. The molecule has 116 valence electrons. The van der Waals surface area contributed by atoms with Crippen LogP contribution in [0.1, 0.15) is 19.3 Å². The summed E-state index contributed by atoms with van der Waals surface area (Å²) in [5, 5.41) is 0. The second-order valence-corrected chi connectivity index (χ2v) is 7.66. The van der Waals surface area contributed by atoms with Crippen molar-refractivity contribution in [3.8, 4) is 0 Å². The topological polar surface area (TPSA) is 109 Å². The number of nitrogens with one attached hydrogen (secondary N) is 2. The Morgan fingerprint density at radius 2 is 1.76 bits per heavy atom. The molecule has 0 bridgehead atoms. The molecule has 21 heavy (non-hydrogen) atoms. The lowest BCUT2D eigenvalue weighted by atomic mass is 9.85. The van der Waals surface area contributed by atoms with Crippen molar-refractivity contribution in [3.05, 3.63) is 24.3 Å². The van der Waals surface area contributed by atoms with Crippen LogP contribution in [-0.4, -0.2) is 22.7 Å². The Bertz CT molecular complexity index is 757. The fourth-order valence-corrected chi connectivity index (χ4v) is 3.22. The highest BCUT2D eigenvalue weighted by Crippen LogP contribution is 2.26. The van der Waals surface area contributed by atoms with Gasteiger partial charge in [-0.3, -0.25) is 10.2 Å². The van der Waals surface area contributed by atoms with Gasteiger partial charge in [0.15, 0.2) is 0 Å². The molecular weight excluding hydrogens is 323 g/mol. The van der Waals surface area contributed by atoms with E-state index < -0.39 is 35.9 Å². The molecule has 1 amide bonds. The Kier molecular flexibility index (Phi) is 4.30. The molecule has 0 aromatic heterocycles. The number of hydrazine groups is 1. The zero-order valence-corrected chi connectivity index (χ0v) is 12.4. The summed E-state index contributed by atoms with van der Waals surface area (Å²) in [6.45, 7) is 0. The molecule has 7 nitrogen and oxygen atoms in total. The Balaban J connectivity index is 2.14. The SMILES string of the molecule is O=C(NNS(=O)(=O)c1cccc(S(=O)(=O)F)c1)C1CCC1. The standard InChI is InChI=1S/C11H13FN2O5S2/c12-20(16,17)9-5-2-6-10(7-9)21(18,19)14-13-11(15)8-3-1-4-8/h2,5-8,14H,1,3-4H2,(H,13,15). The van der Waals surface area contributed by atoms with Crippen molar-refractivity contribution in [1.29, 1.82) is 0 Å². The van der Waals surface area contributed by atoms with Crippen LogP contribution < -0.4 is 10.3 Å². The Labute approximate surface area is 121 Å². The summed E-state index contributed by atoms with van der Waals surface area (Å²) in [6.07, 6.45) is 2.31. The van der Waals surface area contributed by atoms with E-state index >= 15 is 0 Å². The Morgan fingerprint density at radius 3 is 2.29 bits per heavy atom. The first kappa shape index (κ1) is 15.9. The van der Waals surface area contributed by atoms with Crippen LogP contribution in [-0.2, 0) is 25.0 Å². The monoisotopic (exact) mass is 336 g/mol. The minimum absolute atomic E-state index is 0.217. The van der Waals surface area contributed by atoms with E-state index in [1.807, 2.05) is 4.83 Å². The Hall–Kier alpha value is -1.52. The average Bonchev–Trinajstić information content (AvgIpc) is 2.34. The fraction of sp³-hybridized carbons (Fsp3) is 0.364. The first-order valence-corrected chi connectivity index (χ1v) is 8.93.